The minimum Gasteiger partial charge on any atom is -0.384 e. The number of hydrogen-bond donors (Lipinski definition) is 1. The van der Waals surface area contributed by atoms with Gasteiger partial charge in [-0.2, -0.15) is 0 Å². The summed E-state index contributed by atoms with van der Waals surface area (Å²) >= 11 is 10.8. The summed E-state index contributed by atoms with van der Waals surface area (Å²) in [7, 11) is 0. The zero-order valence-electron chi connectivity index (χ0n) is 6.24. The van der Waals surface area contributed by atoms with Crippen LogP contribution in [-0.2, 0) is 0 Å². The smallest absolute Gasteiger partial charge is 0.105 e. The molecule has 0 spiro atoms. The number of rotatable bonds is 2. The van der Waals surface area contributed by atoms with Crippen molar-refractivity contribution in [3.8, 4) is 0 Å². The molecule has 0 heterocycles. The molecule has 1 aromatic carbocycles. The fraction of sp³-hybridized carbons (Fsp3) is 0.111. The number of aliphatic hydroxyl groups excluding tert-OH is 1. The Morgan fingerprint density at radius 3 is 2.33 bits per heavy atom. The van der Waals surface area contributed by atoms with Crippen molar-refractivity contribution >= 4 is 23.2 Å². The molecule has 1 atom stereocenters. The Kier molecular flexibility index (Phi) is 3.60. The lowest BCUT2D eigenvalue weighted by Crippen LogP contribution is -1.91. The van der Waals surface area contributed by atoms with Crippen molar-refractivity contribution in [3.05, 3.63) is 46.5 Å². The van der Waals surface area contributed by atoms with Crippen molar-refractivity contribution in [2.75, 3.05) is 0 Å². The monoisotopic (exact) mass is 202 g/mol. The lowest BCUT2D eigenvalue weighted by Gasteiger charge is -2.04. The van der Waals surface area contributed by atoms with E-state index in [0.29, 0.717) is 0 Å². The molecule has 0 aromatic heterocycles. The van der Waals surface area contributed by atoms with E-state index < -0.39 is 6.10 Å². The average Bonchev–Trinajstić information content (AvgIpc) is 2.05. The van der Waals surface area contributed by atoms with Crippen LogP contribution in [0.2, 0.25) is 0 Å². The van der Waals surface area contributed by atoms with Gasteiger partial charge in [-0.1, -0.05) is 53.5 Å². The third-order valence-corrected chi connectivity index (χ3v) is 1.68. The van der Waals surface area contributed by atoms with Crippen LogP contribution in [0.3, 0.4) is 0 Å². The highest BCUT2D eigenvalue weighted by Crippen LogP contribution is 2.18. The standard InChI is InChI=1S/C9H8Cl2O/c10-9(11)6-8(12)7-4-2-1-3-5-7/h1-6,8,12H. The second kappa shape index (κ2) is 4.51. The van der Waals surface area contributed by atoms with E-state index in [-0.39, 0.29) is 4.49 Å². The van der Waals surface area contributed by atoms with E-state index in [1.54, 1.807) is 12.1 Å². The van der Waals surface area contributed by atoms with E-state index in [4.69, 9.17) is 23.2 Å². The maximum absolute atomic E-state index is 9.45. The van der Waals surface area contributed by atoms with Crippen LogP contribution >= 0.6 is 23.2 Å². The van der Waals surface area contributed by atoms with Gasteiger partial charge in [0, 0.05) is 0 Å². The first-order valence-corrected chi connectivity index (χ1v) is 4.21. The lowest BCUT2D eigenvalue weighted by atomic mass is 10.1. The lowest BCUT2D eigenvalue weighted by molar-refractivity contribution is 0.228. The molecule has 1 rings (SSSR count). The fourth-order valence-corrected chi connectivity index (χ4v) is 1.10. The van der Waals surface area contributed by atoms with Gasteiger partial charge < -0.3 is 5.11 Å². The van der Waals surface area contributed by atoms with Gasteiger partial charge in [0.05, 0.1) is 6.10 Å². The summed E-state index contributed by atoms with van der Waals surface area (Å²) in [6.45, 7) is 0. The van der Waals surface area contributed by atoms with E-state index in [9.17, 15) is 5.11 Å². The zero-order chi connectivity index (χ0) is 8.97. The highest BCUT2D eigenvalue weighted by atomic mass is 35.5. The van der Waals surface area contributed by atoms with Crippen molar-refractivity contribution < 1.29 is 5.11 Å². The van der Waals surface area contributed by atoms with Gasteiger partial charge in [-0.25, -0.2) is 0 Å². The van der Waals surface area contributed by atoms with E-state index in [1.165, 1.54) is 6.08 Å². The van der Waals surface area contributed by atoms with Crippen LogP contribution in [0, 0.1) is 0 Å². The highest BCUT2D eigenvalue weighted by molar-refractivity contribution is 6.55. The third kappa shape index (κ3) is 2.86. The van der Waals surface area contributed by atoms with Crippen molar-refractivity contribution in [2.24, 2.45) is 0 Å². The highest BCUT2D eigenvalue weighted by Gasteiger charge is 2.02. The van der Waals surface area contributed by atoms with Crippen molar-refractivity contribution in [1.82, 2.24) is 0 Å². The van der Waals surface area contributed by atoms with Gasteiger partial charge in [-0.15, -0.1) is 0 Å². The van der Waals surface area contributed by atoms with E-state index in [1.807, 2.05) is 18.2 Å². The minimum absolute atomic E-state index is 0.0753. The van der Waals surface area contributed by atoms with Gasteiger partial charge in [0.1, 0.15) is 4.49 Å². The largest absolute Gasteiger partial charge is 0.384 e. The maximum atomic E-state index is 9.45. The molecule has 0 saturated heterocycles. The topological polar surface area (TPSA) is 20.2 Å². The maximum Gasteiger partial charge on any atom is 0.105 e. The molecule has 1 unspecified atom stereocenters. The first kappa shape index (κ1) is 9.59. The molecule has 0 aliphatic carbocycles. The first-order chi connectivity index (χ1) is 5.70. The molecular weight excluding hydrogens is 195 g/mol. The number of aliphatic hydroxyl groups is 1. The molecule has 0 aliphatic heterocycles. The molecule has 0 saturated carbocycles. The summed E-state index contributed by atoms with van der Waals surface area (Å²) < 4.78 is 0.0753. The van der Waals surface area contributed by atoms with Gasteiger partial charge in [0.15, 0.2) is 0 Å². The molecule has 0 aliphatic rings. The van der Waals surface area contributed by atoms with E-state index >= 15 is 0 Å². The molecule has 0 fully saturated rings. The predicted octanol–water partition coefficient (Wildman–Crippen LogP) is 3.04. The molecule has 1 N–H and O–H groups in total. The van der Waals surface area contributed by atoms with Crippen LogP contribution in [0.25, 0.3) is 0 Å². The molecule has 0 amide bonds. The number of benzene rings is 1. The Labute approximate surface area is 81.2 Å². The Balaban J connectivity index is 2.79. The predicted molar refractivity (Wildman–Crippen MR) is 51.2 cm³/mol. The van der Waals surface area contributed by atoms with Gasteiger partial charge in [-0.05, 0) is 11.6 Å². The Morgan fingerprint density at radius 2 is 1.83 bits per heavy atom. The van der Waals surface area contributed by atoms with Crippen LogP contribution < -0.4 is 0 Å². The summed E-state index contributed by atoms with van der Waals surface area (Å²) in [6.07, 6.45) is 0.648. The van der Waals surface area contributed by atoms with Crippen molar-refractivity contribution in [2.45, 2.75) is 6.10 Å². The molecule has 12 heavy (non-hydrogen) atoms. The SMILES string of the molecule is OC(C=C(Cl)Cl)c1ccccc1. The Hall–Kier alpha value is -0.500. The molecule has 3 heteroatoms. The Bertz CT molecular complexity index is 265. The van der Waals surface area contributed by atoms with Crippen molar-refractivity contribution in [3.63, 3.8) is 0 Å². The quantitative estimate of drug-likeness (QED) is 0.783. The van der Waals surface area contributed by atoms with E-state index in [2.05, 4.69) is 0 Å². The average molecular weight is 203 g/mol. The molecule has 1 nitrogen and oxygen atoms in total. The molecule has 64 valence electrons. The summed E-state index contributed by atoms with van der Waals surface area (Å²) in [5.74, 6) is 0. The second-order valence-corrected chi connectivity index (χ2v) is 3.32. The van der Waals surface area contributed by atoms with E-state index in [0.717, 1.165) is 5.56 Å². The molecule has 0 bridgehead atoms. The fourth-order valence-electron chi connectivity index (χ4n) is 0.866. The molecular formula is C9H8Cl2O. The van der Waals surface area contributed by atoms with Gasteiger partial charge >= 0.3 is 0 Å². The van der Waals surface area contributed by atoms with Crippen LogP contribution in [-0.4, -0.2) is 5.11 Å². The van der Waals surface area contributed by atoms with Crippen LogP contribution in [0.15, 0.2) is 40.9 Å². The molecule has 0 radical (unpaired) electrons. The molecule has 1 aromatic rings. The number of hydrogen-bond acceptors (Lipinski definition) is 1. The van der Waals surface area contributed by atoms with Gasteiger partial charge in [0.2, 0.25) is 0 Å². The summed E-state index contributed by atoms with van der Waals surface area (Å²) in [5.41, 5.74) is 0.774. The summed E-state index contributed by atoms with van der Waals surface area (Å²) in [4.78, 5) is 0. The van der Waals surface area contributed by atoms with Gasteiger partial charge in [-0.3, -0.25) is 0 Å². The van der Waals surface area contributed by atoms with Gasteiger partial charge in [0.25, 0.3) is 0 Å². The van der Waals surface area contributed by atoms with Crippen LogP contribution in [0.1, 0.15) is 11.7 Å². The normalized spacial score (nSPS) is 12.2. The number of halogens is 2. The van der Waals surface area contributed by atoms with Crippen LogP contribution in [0.5, 0.6) is 0 Å². The van der Waals surface area contributed by atoms with Crippen molar-refractivity contribution in [1.29, 1.82) is 0 Å². The summed E-state index contributed by atoms with van der Waals surface area (Å²) in [5, 5.41) is 9.45. The Morgan fingerprint density at radius 1 is 1.25 bits per heavy atom. The van der Waals surface area contributed by atoms with Crippen LogP contribution in [0.4, 0.5) is 0 Å². The first-order valence-electron chi connectivity index (χ1n) is 3.46. The third-order valence-electron chi connectivity index (χ3n) is 1.42. The summed E-state index contributed by atoms with van der Waals surface area (Å²) in [6, 6.07) is 9.17. The zero-order valence-corrected chi connectivity index (χ0v) is 7.76. The minimum atomic E-state index is -0.726. The second-order valence-electron chi connectivity index (χ2n) is 2.31.